The van der Waals surface area contributed by atoms with Gasteiger partial charge in [0, 0.05) is 21.7 Å². The molecule has 7 heteroatoms. The molecule has 2 aromatic heterocycles. The van der Waals surface area contributed by atoms with Gasteiger partial charge in [0.25, 0.3) is 5.91 Å². The first-order valence-corrected chi connectivity index (χ1v) is 12.1. The van der Waals surface area contributed by atoms with Crippen molar-refractivity contribution in [3.63, 3.8) is 0 Å². The second kappa shape index (κ2) is 9.58. The van der Waals surface area contributed by atoms with E-state index < -0.39 is 0 Å². The van der Waals surface area contributed by atoms with E-state index in [9.17, 15) is 9.59 Å². The molecule has 1 aromatic carbocycles. The van der Waals surface area contributed by atoms with Crippen LogP contribution in [0.1, 0.15) is 56.3 Å². The SMILES string of the molecule is CCOC(=O)c1ccc(NC(=O)c2c(N=Cc3cccs3)sc3c2CC[C@H](C)C3)cc1. The Morgan fingerprint density at radius 2 is 2.06 bits per heavy atom. The van der Waals surface area contributed by atoms with Crippen molar-refractivity contribution in [2.24, 2.45) is 10.9 Å². The number of amides is 1. The normalized spacial score (nSPS) is 15.6. The van der Waals surface area contributed by atoms with E-state index in [0.29, 0.717) is 29.3 Å². The largest absolute Gasteiger partial charge is 0.462 e. The third-order valence-electron chi connectivity index (χ3n) is 5.23. The maximum atomic E-state index is 13.3. The standard InChI is InChI=1S/C24H24N2O3S2/c1-3-29-24(28)16-7-9-17(10-8-16)26-22(27)21-19-11-6-15(2)13-20(19)31-23(21)25-14-18-5-4-12-30-18/h4-5,7-10,12,14-15H,3,6,11,13H2,1-2H3,(H,26,27)/t15-/m0/s1. The van der Waals surface area contributed by atoms with E-state index in [0.717, 1.165) is 34.7 Å². The van der Waals surface area contributed by atoms with Crippen LogP contribution >= 0.6 is 22.7 Å². The zero-order chi connectivity index (χ0) is 21.8. The molecular weight excluding hydrogens is 428 g/mol. The van der Waals surface area contributed by atoms with Gasteiger partial charge < -0.3 is 10.1 Å². The van der Waals surface area contributed by atoms with E-state index >= 15 is 0 Å². The summed E-state index contributed by atoms with van der Waals surface area (Å²) in [6.45, 7) is 4.35. The lowest BCUT2D eigenvalue weighted by atomic mass is 9.88. The summed E-state index contributed by atoms with van der Waals surface area (Å²) in [7, 11) is 0. The average molecular weight is 453 g/mol. The van der Waals surface area contributed by atoms with Crippen LogP contribution in [0.5, 0.6) is 0 Å². The first-order chi connectivity index (χ1) is 15.0. The van der Waals surface area contributed by atoms with Crippen molar-refractivity contribution >= 4 is 51.5 Å². The van der Waals surface area contributed by atoms with Crippen LogP contribution in [-0.4, -0.2) is 24.7 Å². The molecule has 1 amide bonds. The highest BCUT2D eigenvalue weighted by Crippen LogP contribution is 2.41. The van der Waals surface area contributed by atoms with E-state index in [1.165, 1.54) is 4.88 Å². The summed E-state index contributed by atoms with van der Waals surface area (Å²) in [6, 6.07) is 10.8. The number of nitrogens with zero attached hydrogens (tertiary/aromatic N) is 1. The topological polar surface area (TPSA) is 67.8 Å². The Labute approximate surface area is 189 Å². The van der Waals surface area contributed by atoms with Crippen molar-refractivity contribution in [2.75, 3.05) is 11.9 Å². The molecule has 0 saturated heterocycles. The first-order valence-electron chi connectivity index (χ1n) is 10.4. The molecule has 2 heterocycles. The molecule has 1 N–H and O–H groups in total. The molecule has 0 aliphatic heterocycles. The predicted molar refractivity (Wildman–Crippen MR) is 127 cm³/mol. The van der Waals surface area contributed by atoms with Gasteiger partial charge in [-0.1, -0.05) is 13.0 Å². The van der Waals surface area contributed by atoms with Crippen molar-refractivity contribution in [3.8, 4) is 0 Å². The number of anilines is 1. The molecule has 0 fully saturated rings. The summed E-state index contributed by atoms with van der Waals surface area (Å²) in [4.78, 5) is 32.1. The predicted octanol–water partition coefficient (Wildman–Crippen LogP) is 6.11. The third-order valence-corrected chi connectivity index (χ3v) is 7.20. The molecule has 0 spiro atoms. The van der Waals surface area contributed by atoms with Crippen LogP contribution in [-0.2, 0) is 17.6 Å². The fourth-order valence-electron chi connectivity index (χ4n) is 3.65. The summed E-state index contributed by atoms with van der Waals surface area (Å²) in [6.07, 6.45) is 4.79. The van der Waals surface area contributed by atoms with Gasteiger partial charge in [0.1, 0.15) is 5.00 Å². The van der Waals surface area contributed by atoms with Crippen LogP contribution in [0, 0.1) is 5.92 Å². The quantitative estimate of drug-likeness (QED) is 0.362. The number of hydrogen-bond acceptors (Lipinski definition) is 6. The van der Waals surface area contributed by atoms with E-state index in [1.807, 2.05) is 23.7 Å². The van der Waals surface area contributed by atoms with Crippen LogP contribution in [0.4, 0.5) is 10.7 Å². The number of carbonyl (C=O) groups excluding carboxylic acids is 2. The number of hydrogen-bond donors (Lipinski definition) is 1. The molecule has 0 bridgehead atoms. The zero-order valence-electron chi connectivity index (χ0n) is 17.5. The number of nitrogens with one attached hydrogen (secondary N) is 1. The van der Waals surface area contributed by atoms with Gasteiger partial charge >= 0.3 is 5.97 Å². The highest BCUT2D eigenvalue weighted by atomic mass is 32.1. The number of thiophene rings is 2. The number of rotatable bonds is 6. The lowest BCUT2D eigenvalue weighted by molar-refractivity contribution is 0.0526. The molecule has 0 radical (unpaired) electrons. The number of esters is 1. The molecule has 3 aromatic rings. The van der Waals surface area contributed by atoms with Crippen molar-refractivity contribution in [3.05, 3.63) is 68.2 Å². The fraction of sp³-hybridized carbons (Fsp3) is 0.292. The van der Waals surface area contributed by atoms with Crippen molar-refractivity contribution < 1.29 is 14.3 Å². The summed E-state index contributed by atoms with van der Waals surface area (Å²) in [5, 5.41) is 5.75. The Kier molecular flexibility index (Phi) is 6.63. The first kappa shape index (κ1) is 21.5. The fourth-order valence-corrected chi connectivity index (χ4v) is 5.58. The Bertz CT molecular complexity index is 1100. The summed E-state index contributed by atoms with van der Waals surface area (Å²) in [5.74, 6) is 0.0903. The monoisotopic (exact) mass is 452 g/mol. The molecule has 1 aliphatic rings. The van der Waals surface area contributed by atoms with E-state index in [-0.39, 0.29) is 11.9 Å². The van der Waals surface area contributed by atoms with Crippen molar-refractivity contribution in [2.45, 2.75) is 33.1 Å². The van der Waals surface area contributed by atoms with Crippen LogP contribution < -0.4 is 5.32 Å². The Balaban J connectivity index is 1.60. The molecule has 31 heavy (non-hydrogen) atoms. The minimum Gasteiger partial charge on any atom is -0.462 e. The van der Waals surface area contributed by atoms with Gasteiger partial charge in [-0.3, -0.25) is 4.79 Å². The average Bonchev–Trinajstić information content (AvgIpc) is 3.40. The lowest BCUT2D eigenvalue weighted by Crippen LogP contribution is -2.16. The van der Waals surface area contributed by atoms with Crippen molar-refractivity contribution in [1.29, 1.82) is 0 Å². The number of carbonyl (C=O) groups is 2. The number of benzene rings is 1. The van der Waals surface area contributed by atoms with Crippen LogP contribution in [0.15, 0.2) is 46.8 Å². The summed E-state index contributed by atoms with van der Waals surface area (Å²) < 4.78 is 5.01. The Morgan fingerprint density at radius 3 is 2.77 bits per heavy atom. The van der Waals surface area contributed by atoms with Crippen LogP contribution in [0.2, 0.25) is 0 Å². The Morgan fingerprint density at radius 1 is 1.26 bits per heavy atom. The molecule has 160 valence electrons. The Hall–Kier alpha value is -2.77. The molecule has 1 aliphatic carbocycles. The molecule has 1 atom stereocenters. The van der Waals surface area contributed by atoms with Gasteiger partial charge in [-0.05, 0) is 73.4 Å². The van der Waals surface area contributed by atoms with Crippen molar-refractivity contribution in [1.82, 2.24) is 0 Å². The maximum absolute atomic E-state index is 13.3. The summed E-state index contributed by atoms with van der Waals surface area (Å²) >= 11 is 3.24. The van der Waals surface area contributed by atoms with E-state index in [2.05, 4.69) is 17.2 Å². The molecule has 0 unspecified atom stereocenters. The van der Waals surface area contributed by atoms with Gasteiger partial charge in [-0.25, -0.2) is 9.79 Å². The smallest absolute Gasteiger partial charge is 0.338 e. The van der Waals surface area contributed by atoms with Gasteiger partial charge in [0.2, 0.25) is 0 Å². The van der Waals surface area contributed by atoms with Crippen LogP contribution in [0.3, 0.4) is 0 Å². The minimum atomic E-state index is -0.369. The number of ether oxygens (including phenoxy) is 1. The highest BCUT2D eigenvalue weighted by Gasteiger charge is 2.27. The highest BCUT2D eigenvalue weighted by molar-refractivity contribution is 7.16. The molecule has 5 nitrogen and oxygen atoms in total. The van der Waals surface area contributed by atoms with Gasteiger partial charge in [0.15, 0.2) is 0 Å². The number of fused-ring (bicyclic) bond motifs is 1. The molecule has 4 rings (SSSR count). The minimum absolute atomic E-state index is 0.158. The maximum Gasteiger partial charge on any atom is 0.338 e. The zero-order valence-corrected chi connectivity index (χ0v) is 19.1. The second-order valence-corrected chi connectivity index (χ2v) is 9.62. The van der Waals surface area contributed by atoms with E-state index in [4.69, 9.17) is 4.74 Å². The number of aliphatic imine (C=N–C) groups is 1. The molecular formula is C24H24N2O3S2. The third kappa shape index (κ3) is 4.94. The summed E-state index contributed by atoms with van der Waals surface area (Å²) in [5.41, 5.74) is 2.90. The van der Waals surface area contributed by atoms with Gasteiger partial charge in [-0.2, -0.15) is 0 Å². The van der Waals surface area contributed by atoms with Gasteiger partial charge in [-0.15, -0.1) is 22.7 Å². The van der Waals surface area contributed by atoms with Crippen LogP contribution in [0.25, 0.3) is 0 Å². The van der Waals surface area contributed by atoms with Gasteiger partial charge in [0.05, 0.1) is 17.7 Å². The van der Waals surface area contributed by atoms with E-state index in [1.54, 1.807) is 53.9 Å². The lowest BCUT2D eigenvalue weighted by Gasteiger charge is -2.18. The second-order valence-electron chi connectivity index (χ2n) is 7.56. The molecule has 0 saturated carbocycles.